The molecule has 0 unspecified atom stereocenters. The molecule has 38 heavy (non-hydrogen) atoms. The molecule has 190 valence electrons. The number of nitrogens with zero attached hydrogens (tertiary/aromatic N) is 2. The summed E-state index contributed by atoms with van der Waals surface area (Å²) in [5.41, 5.74) is 0.415. The molecular weight excluding hydrogens is 492 g/mol. The normalized spacial score (nSPS) is 10.4. The maximum atomic E-state index is 13.0. The fourth-order valence-electron chi connectivity index (χ4n) is 3.48. The summed E-state index contributed by atoms with van der Waals surface area (Å²) >= 11 is 0. The van der Waals surface area contributed by atoms with Gasteiger partial charge in [-0.3, -0.25) is 29.8 Å². The fraction of sp³-hybridized carbons (Fsp3) is 0.0370. The van der Waals surface area contributed by atoms with Crippen molar-refractivity contribution < 1.29 is 24.2 Å². The van der Waals surface area contributed by atoms with Gasteiger partial charge in [-0.15, -0.1) is 0 Å². The van der Waals surface area contributed by atoms with E-state index in [9.17, 15) is 29.8 Å². The van der Waals surface area contributed by atoms with Crippen LogP contribution in [-0.2, 0) is 0 Å². The van der Waals surface area contributed by atoms with Crippen LogP contribution in [0.4, 0.5) is 11.4 Å². The van der Waals surface area contributed by atoms with Crippen molar-refractivity contribution in [1.29, 1.82) is 0 Å². The molecule has 4 rings (SSSR count). The minimum atomic E-state index is -1.04. The van der Waals surface area contributed by atoms with Crippen LogP contribution < -0.4 is 15.4 Å². The second-order valence-electron chi connectivity index (χ2n) is 7.98. The SMILES string of the molecule is O=C(NC(NC(=O)c1ccc([N+](=O)[O-])cc1)c1cccc(Oc2ccccc2)c1)c1ccc([N+](=O)[O-])cc1. The predicted molar refractivity (Wildman–Crippen MR) is 137 cm³/mol. The second-order valence-corrected chi connectivity index (χ2v) is 7.98. The molecule has 0 aliphatic heterocycles. The number of nitrogens with one attached hydrogen (secondary N) is 2. The van der Waals surface area contributed by atoms with Gasteiger partial charge in [-0.1, -0.05) is 30.3 Å². The molecule has 0 atom stereocenters. The lowest BCUT2D eigenvalue weighted by molar-refractivity contribution is -0.385. The van der Waals surface area contributed by atoms with E-state index in [1.807, 2.05) is 18.2 Å². The van der Waals surface area contributed by atoms with Crippen molar-refractivity contribution >= 4 is 23.2 Å². The Kier molecular flexibility index (Phi) is 7.68. The Morgan fingerprint density at radius 1 is 0.632 bits per heavy atom. The largest absolute Gasteiger partial charge is 0.457 e. The lowest BCUT2D eigenvalue weighted by Crippen LogP contribution is -2.41. The maximum absolute atomic E-state index is 13.0. The third-order valence-corrected chi connectivity index (χ3v) is 5.40. The number of nitro benzene ring substituents is 2. The number of ether oxygens (including phenoxy) is 1. The molecule has 0 fully saturated rings. The van der Waals surface area contributed by atoms with Crippen LogP contribution >= 0.6 is 0 Å². The van der Waals surface area contributed by atoms with Gasteiger partial charge in [0.25, 0.3) is 23.2 Å². The Morgan fingerprint density at radius 3 is 1.58 bits per heavy atom. The Bertz CT molecular complexity index is 1400. The molecule has 4 aromatic carbocycles. The molecule has 0 radical (unpaired) electrons. The molecule has 0 aliphatic rings. The first-order valence-corrected chi connectivity index (χ1v) is 11.2. The zero-order valence-electron chi connectivity index (χ0n) is 19.6. The third kappa shape index (κ3) is 6.34. The van der Waals surface area contributed by atoms with Crippen molar-refractivity contribution in [1.82, 2.24) is 10.6 Å². The number of nitro groups is 2. The van der Waals surface area contributed by atoms with Crippen LogP contribution in [0.2, 0.25) is 0 Å². The van der Waals surface area contributed by atoms with Crippen LogP contribution in [0.25, 0.3) is 0 Å². The van der Waals surface area contributed by atoms with E-state index in [-0.39, 0.29) is 22.5 Å². The van der Waals surface area contributed by atoms with Gasteiger partial charge in [-0.05, 0) is 54.1 Å². The van der Waals surface area contributed by atoms with Crippen LogP contribution in [0.1, 0.15) is 32.4 Å². The molecule has 11 heteroatoms. The van der Waals surface area contributed by atoms with E-state index in [0.717, 1.165) is 0 Å². The molecule has 0 aliphatic carbocycles. The van der Waals surface area contributed by atoms with Crippen LogP contribution in [0.15, 0.2) is 103 Å². The first-order chi connectivity index (χ1) is 18.3. The quantitative estimate of drug-likeness (QED) is 0.178. The highest BCUT2D eigenvalue weighted by atomic mass is 16.6. The van der Waals surface area contributed by atoms with E-state index in [4.69, 9.17) is 4.74 Å². The maximum Gasteiger partial charge on any atom is 0.269 e. The number of rotatable bonds is 9. The lowest BCUT2D eigenvalue weighted by Gasteiger charge is -2.21. The van der Waals surface area contributed by atoms with E-state index in [2.05, 4.69) is 10.6 Å². The number of amides is 2. The molecule has 0 heterocycles. The van der Waals surface area contributed by atoms with E-state index in [1.165, 1.54) is 48.5 Å². The van der Waals surface area contributed by atoms with Crippen molar-refractivity contribution in [2.45, 2.75) is 6.17 Å². The standard InChI is InChI=1S/C27H20N4O7/c32-26(18-9-13-21(14-10-18)30(34)35)28-25(29-27(33)19-11-15-22(16-12-19)31(36)37)20-5-4-8-24(17-20)38-23-6-2-1-3-7-23/h1-17,25H,(H,28,32)(H,29,33). The monoisotopic (exact) mass is 512 g/mol. The number of non-ortho nitro benzene ring substituents is 2. The molecule has 0 spiro atoms. The molecule has 4 aromatic rings. The number of hydrogen-bond acceptors (Lipinski definition) is 7. The summed E-state index contributed by atoms with van der Waals surface area (Å²) in [5, 5.41) is 27.3. The number of para-hydroxylation sites is 1. The van der Waals surface area contributed by atoms with Gasteiger partial charge in [-0.2, -0.15) is 0 Å². The first-order valence-electron chi connectivity index (χ1n) is 11.2. The van der Waals surface area contributed by atoms with Crippen molar-refractivity contribution in [2.24, 2.45) is 0 Å². The third-order valence-electron chi connectivity index (χ3n) is 5.40. The van der Waals surface area contributed by atoms with Gasteiger partial charge in [0.2, 0.25) is 0 Å². The van der Waals surface area contributed by atoms with Gasteiger partial charge in [0.05, 0.1) is 9.85 Å². The molecular formula is C27H20N4O7. The van der Waals surface area contributed by atoms with E-state index >= 15 is 0 Å². The topological polar surface area (TPSA) is 154 Å². The van der Waals surface area contributed by atoms with Gasteiger partial charge in [0.1, 0.15) is 17.7 Å². The number of carbonyl (C=O) groups is 2. The average Bonchev–Trinajstić information content (AvgIpc) is 2.93. The smallest absolute Gasteiger partial charge is 0.269 e. The number of benzene rings is 4. The Morgan fingerprint density at radius 2 is 1.11 bits per heavy atom. The molecule has 11 nitrogen and oxygen atoms in total. The molecule has 0 saturated carbocycles. The highest BCUT2D eigenvalue weighted by Gasteiger charge is 2.21. The van der Waals surface area contributed by atoms with E-state index in [1.54, 1.807) is 36.4 Å². The molecule has 2 N–H and O–H groups in total. The highest BCUT2D eigenvalue weighted by molar-refractivity contribution is 5.97. The van der Waals surface area contributed by atoms with E-state index < -0.39 is 27.8 Å². The van der Waals surface area contributed by atoms with Crippen LogP contribution in [0, 0.1) is 20.2 Å². The summed E-state index contributed by atoms with van der Waals surface area (Å²) in [6.45, 7) is 0. The number of hydrogen-bond donors (Lipinski definition) is 2. The van der Waals surface area contributed by atoms with Gasteiger partial charge in [0, 0.05) is 35.4 Å². The minimum absolute atomic E-state index is 0.141. The van der Waals surface area contributed by atoms with Crippen LogP contribution in [0.3, 0.4) is 0 Å². The predicted octanol–water partition coefficient (Wildman–Crippen LogP) is 5.15. The van der Waals surface area contributed by atoms with Crippen molar-refractivity contribution in [2.75, 3.05) is 0 Å². The summed E-state index contributed by atoms with van der Waals surface area (Å²) in [6, 6.07) is 25.8. The molecule has 0 bridgehead atoms. The van der Waals surface area contributed by atoms with Gasteiger partial charge < -0.3 is 15.4 Å². The summed E-state index contributed by atoms with van der Waals surface area (Å²) in [4.78, 5) is 46.7. The highest BCUT2D eigenvalue weighted by Crippen LogP contribution is 2.25. The summed E-state index contributed by atoms with van der Waals surface area (Å²) < 4.78 is 5.87. The lowest BCUT2D eigenvalue weighted by atomic mass is 10.1. The van der Waals surface area contributed by atoms with Crippen LogP contribution in [0.5, 0.6) is 11.5 Å². The van der Waals surface area contributed by atoms with Crippen molar-refractivity contribution in [3.8, 4) is 11.5 Å². The van der Waals surface area contributed by atoms with Crippen molar-refractivity contribution in [3.63, 3.8) is 0 Å². The number of carbonyl (C=O) groups excluding carboxylic acids is 2. The Hall–Kier alpha value is -5.58. The van der Waals surface area contributed by atoms with Crippen molar-refractivity contribution in [3.05, 3.63) is 140 Å². The second kappa shape index (κ2) is 11.4. The first kappa shape index (κ1) is 25.5. The average molecular weight is 512 g/mol. The molecule has 0 aromatic heterocycles. The fourth-order valence-corrected chi connectivity index (χ4v) is 3.48. The summed E-state index contributed by atoms with van der Waals surface area (Å²) in [6.07, 6.45) is -1.04. The van der Waals surface area contributed by atoms with Crippen LogP contribution in [-0.4, -0.2) is 21.7 Å². The Labute approximate surface area is 216 Å². The zero-order chi connectivity index (χ0) is 27.1. The minimum Gasteiger partial charge on any atom is -0.457 e. The zero-order valence-corrected chi connectivity index (χ0v) is 19.6. The van der Waals surface area contributed by atoms with Gasteiger partial charge in [-0.25, -0.2) is 0 Å². The summed E-state index contributed by atoms with van der Waals surface area (Å²) in [7, 11) is 0. The molecule has 2 amide bonds. The van der Waals surface area contributed by atoms with Gasteiger partial charge in [0.15, 0.2) is 0 Å². The summed E-state index contributed by atoms with van der Waals surface area (Å²) in [5.74, 6) is -0.148. The van der Waals surface area contributed by atoms with E-state index in [0.29, 0.717) is 17.1 Å². The van der Waals surface area contributed by atoms with Gasteiger partial charge >= 0.3 is 0 Å². The Balaban J connectivity index is 1.60. The molecule has 0 saturated heterocycles.